The number of benzene rings is 1. The van der Waals surface area contributed by atoms with Gasteiger partial charge < -0.3 is 9.97 Å². The van der Waals surface area contributed by atoms with Gasteiger partial charge in [0.05, 0.1) is 6.33 Å². The average Bonchev–Trinajstić information content (AvgIpc) is 2.86. The van der Waals surface area contributed by atoms with Crippen LogP contribution in [0.3, 0.4) is 0 Å². The number of fused-ring (bicyclic) bond motifs is 1. The number of aryl methyl sites for hydroxylation is 2. The molecular weight excluding hydrogens is 228 g/mol. The van der Waals surface area contributed by atoms with Crippen LogP contribution in [0.1, 0.15) is 11.4 Å². The summed E-state index contributed by atoms with van der Waals surface area (Å²) < 4.78 is 0. The van der Waals surface area contributed by atoms with E-state index in [-0.39, 0.29) is 5.56 Å². The Hall–Kier alpha value is -2.43. The zero-order chi connectivity index (χ0) is 12.4. The van der Waals surface area contributed by atoms with Gasteiger partial charge in [-0.05, 0) is 12.0 Å². The maximum atomic E-state index is 11.7. The van der Waals surface area contributed by atoms with E-state index in [1.807, 2.05) is 18.2 Å². The molecule has 3 aromatic rings. The van der Waals surface area contributed by atoms with Crippen molar-refractivity contribution in [2.45, 2.75) is 12.8 Å². The topological polar surface area (TPSA) is 74.4 Å². The number of nitrogens with zero attached hydrogens (tertiary/aromatic N) is 2. The molecule has 0 saturated carbocycles. The summed E-state index contributed by atoms with van der Waals surface area (Å²) in [7, 11) is 0. The van der Waals surface area contributed by atoms with Gasteiger partial charge in [0.2, 0.25) is 0 Å². The molecule has 0 aliphatic heterocycles. The molecule has 2 aromatic heterocycles. The lowest BCUT2D eigenvalue weighted by Gasteiger charge is -2.01. The van der Waals surface area contributed by atoms with Crippen molar-refractivity contribution < 1.29 is 0 Å². The highest BCUT2D eigenvalue weighted by atomic mass is 16.1. The molecule has 18 heavy (non-hydrogen) atoms. The Bertz CT molecular complexity index is 714. The normalized spacial score (nSPS) is 10.9. The molecule has 0 aliphatic carbocycles. The molecule has 0 bridgehead atoms. The third-order valence-corrected chi connectivity index (χ3v) is 2.84. The summed E-state index contributed by atoms with van der Waals surface area (Å²) in [4.78, 5) is 25.6. The van der Waals surface area contributed by atoms with E-state index in [1.165, 1.54) is 11.9 Å². The largest absolute Gasteiger partial charge is 0.339 e. The van der Waals surface area contributed by atoms with E-state index in [2.05, 4.69) is 32.1 Å². The molecule has 1 aromatic carbocycles. The lowest BCUT2D eigenvalue weighted by molar-refractivity contribution is 0.858. The van der Waals surface area contributed by atoms with Crippen molar-refractivity contribution in [3.05, 3.63) is 58.4 Å². The Balaban J connectivity index is 1.85. The van der Waals surface area contributed by atoms with E-state index in [9.17, 15) is 4.79 Å². The quantitative estimate of drug-likeness (QED) is 0.727. The molecule has 5 heteroatoms. The Morgan fingerprint density at radius 2 is 1.94 bits per heavy atom. The Morgan fingerprint density at radius 1 is 1.11 bits per heavy atom. The zero-order valence-corrected chi connectivity index (χ0v) is 9.68. The first kappa shape index (κ1) is 10.7. The molecule has 5 nitrogen and oxygen atoms in total. The smallest absolute Gasteiger partial charge is 0.276 e. The van der Waals surface area contributed by atoms with Crippen molar-refractivity contribution >= 4 is 11.2 Å². The zero-order valence-electron chi connectivity index (χ0n) is 9.68. The highest BCUT2D eigenvalue weighted by Gasteiger charge is 2.05. The second-order valence-corrected chi connectivity index (χ2v) is 4.10. The molecule has 2 N–H and O–H groups in total. The number of imidazole rings is 1. The van der Waals surface area contributed by atoms with Crippen molar-refractivity contribution in [3.63, 3.8) is 0 Å². The molecule has 0 spiro atoms. The Kier molecular flexibility index (Phi) is 2.64. The summed E-state index contributed by atoms with van der Waals surface area (Å²) in [5.74, 6) is 0.670. The molecule has 0 unspecified atom stereocenters. The van der Waals surface area contributed by atoms with Crippen molar-refractivity contribution in [1.82, 2.24) is 19.9 Å². The summed E-state index contributed by atoms with van der Waals surface area (Å²) in [6, 6.07) is 10.1. The van der Waals surface area contributed by atoms with E-state index in [0.717, 1.165) is 6.42 Å². The SMILES string of the molecule is O=c1[nH]c(CCc2ccccc2)nc2nc[nH]c12. The van der Waals surface area contributed by atoms with E-state index >= 15 is 0 Å². The average molecular weight is 240 g/mol. The van der Waals surface area contributed by atoms with Crippen LogP contribution in [0.2, 0.25) is 0 Å². The van der Waals surface area contributed by atoms with Gasteiger partial charge in [-0.1, -0.05) is 30.3 Å². The maximum Gasteiger partial charge on any atom is 0.276 e. The van der Waals surface area contributed by atoms with E-state index in [0.29, 0.717) is 23.4 Å². The summed E-state index contributed by atoms with van der Waals surface area (Å²) >= 11 is 0. The van der Waals surface area contributed by atoms with Crippen LogP contribution in [0.25, 0.3) is 11.2 Å². The van der Waals surface area contributed by atoms with Crippen LogP contribution >= 0.6 is 0 Å². The fraction of sp³-hybridized carbons (Fsp3) is 0.154. The van der Waals surface area contributed by atoms with E-state index < -0.39 is 0 Å². The van der Waals surface area contributed by atoms with Gasteiger partial charge in [-0.3, -0.25) is 4.79 Å². The number of rotatable bonds is 3. The number of H-pyrrole nitrogens is 2. The first-order valence-electron chi connectivity index (χ1n) is 5.79. The summed E-state index contributed by atoms with van der Waals surface area (Å²) in [5.41, 5.74) is 1.96. The summed E-state index contributed by atoms with van der Waals surface area (Å²) in [6.45, 7) is 0. The number of aromatic nitrogens is 4. The van der Waals surface area contributed by atoms with Crippen molar-refractivity contribution in [3.8, 4) is 0 Å². The molecule has 90 valence electrons. The first-order chi connectivity index (χ1) is 8.83. The predicted octanol–water partition coefficient (Wildman–Crippen LogP) is 1.43. The van der Waals surface area contributed by atoms with Gasteiger partial charge in [0, 0.05) is 6.42 Å². The summed E-state index contributed by atoms with van der Waals surface area (Å²) in [5, 5.41) is 0. The standard InChI is InChI=1S/C13H12N4O/c18-13-11-12(15-8-14-11)16-10(17-13)7-6-9-4-2-1-3-5-9/h1-5,8H,6-7H2,(H2,14,15,16,17,18). The minimum Gasteiger partial charge on any atom is -0.339 e. The summed E-state index contributed by atoms with van der Waals surface area (Å²) in [6.07, 6.45) is 3.02. The van der Waals surface area contributed by atoms with E-state index in [1.54, 1.807) is 0 Å². The molecule has 2 heterocycles. The minimum atomic E-state index is -0.166. The molecular formula is C13H12N4O. The minimum absolute atomic E-state index is 0.166. The maximum absolute atomic E-state index is 11.7. The number of aromatic amines is 2. The van der Waals surface area contributed by atoms with Crippen LogP contribution in [-0.4, -0.2) is 19.9 Å². The predicted molar refractivity (Wildman–Crippen MR) is 68.4 cm³/mol. The Labute approximate surface area is 103 Å². The van der Waals surface area contributed by atoms with Gasteiger partial charge in [-0.15, -0.1) is 0 Å². The molecule has 0 atom stereocenters. The van der Waals surface area contributed by atoms with Gasteiger partial charge in [0.1, 0.15) is 5.82 Å². The lowest BCUT2D eigenvalue weighted by Crippen LogP contribution is -2.12. The second-order valence-electron chi connectivity index (χ2n) is 4.10. The first-order valence-corrected chi connectivity index (χ1v) is 5.79. The van der Waals surface area contributed by atoms with Gasteiger partial charge in [-0.25, -0.2) is 9.97 Å². The van der Waals surface area contributed by atoms with Crippen molar-refractivity contribution in [2.75, 3.05) is 0 Å². The number of nitrogens with one attached hydrogen (secondary N) is 2. The molecule has 3 rings (SSSR count). The monoisotopic (exact) mass is 240 g/mol. The van der Waals surface area contributed by atoms with Crippen LogP contribution < -0.4 is 5.56 Å². The Morgan fingerprint density at radius 3 is 2.78 bits per heavy atom. The molecule has 0 fully saturated rings. The highest BCUT2D eigenvalue weighted by molar-refractivity contribution is 5.67. The fourth-order valence-electron chi connectivity index (χ4n) is 1.91. The molecule has 0 radical (unpaired) electrons. The number of hydrogen-bond acceptors (Lipinski definition) is 3. The molecule has 0 saturated heterocycles. The van der Waals surface area contributed by atoms with Crippen LogP contribution in [-0.2, 0) is 12.8 Å². The van der Waals surface area contributed by atoms with Crippen molar-refractivity contribution in [2.24, 2.45) is 0 Å². The fourth-order valence-corrected chi connectivity index (χ4v) is 1.91. The molecule has 0 amide bonds. The molecule has 0 aliphatic rings. The van der Waals surface area contributed by atoms with Gasteiger partial charge in [0.25, 0.3) is 5.56 Å². The van der Waals surface area contributed by atoms with Crippen LogP contribution in [0, 0.1) is 0 Å². The van der Waals surface area contributed by atoms with Gasteiger partial charge in [0.15, 0.2) is 11.2 Å². The third kappa shape index (κ3) is 2.02. The van der Waals surface area contributed by atoms with Crippen LogP contribution in [0.5, 0.6) is 0 Å². The van der Waals surface area contributed by atoms with Crippen LogP contribution in [0.15, 0.2) is 41.5 Å². The second kappa shape index (κ2) is 4.44. The van der Waals surface area contributed by atoms with E-state index in [4.69, 9.17) is 0 Å². The number of hydrogen-bond donors (Lipinski definition) is 2. The third-order valence-electron chi connectivity index (χ3n) is 2.84. The van der Waals surface area contributed by atoms with Crippen molar-refractivity contribution in [1.29, 1.82) is 0 Å². The van der Waals surface area contributed by atoms with Gasteiger partial charge >= 0.3 is 0 Å². The lowest BCUT2D eigenvalue weighted by atomic mass is 10.1. The highest BCUT2D eigenvalue weighted by Crippen LogP contribution is 2.05. The van der Waals surface area contributed by atoms with Gasteiger partial charge in [-0.2, -0.15) is 0 Å². The van der Waals surface area contributed by atoms with Crippen LogP contribution in [0.4, 0.5) is 0 Å².